The quantitative estimate of drug-likeness (QED) is 0.878. The molecule has 0 aliphatic carbocycles. The van der Waals surface area contributed by atoms with E-state index < -0.39 is 0 Å². The summed E-state index contributed by atoms with van der Waals surface area (Å²) in [7, 11) is 1.47. The van der Waals surface area contributed by atoms with Crippen LogP contribution < -0.4 is 5.32 Å². The molecule has 0 radical (unpaired) electrons. The highest BCUT2D eigenvalue weighted by molar-refractivity contribution is 5.76. The van der Waals surface area contributed by atoms with Gasteiger partial charge in [0, 0.05) is 11.7 Å². The van der Waals surface area contributed by atoms with Crippen molar-refractivity contribution in [1.29, 1.82) is 0 Å². The average molecular weight is 295 g/mol. The van der Waals surface area contributed by atoms with Crippen LogP contribution in [0, 0.1) is 5.92 Å². The van der Waals surface area contributed by atoms with Crippen molar-refractivity contribution in [2.75, 3.05) is 12.4 Å². The van der Waals surface area contributed by atoms with E-state index >= 15 is 0 Å². The molecule has 1 N–H and O–H groups in total. The largest absolute Gasteiger partial charge is 0.469 e. The third kappa shape index (κ3) is 3.14. The van der Waals surface area contributed by atoms with Crippen molar-refractivity contribution in [1.82, 2.24) is 0 Å². The number of nitrogens with one attached hydrogen (secondary N) is 1. The van der Waals surface area contributed by atoms with Gasteiger partial charge in [0.05, 0.1) is 13.0 Å². The lowest BCUT2D eigenvalue weighted by atomic mass is 9.84. The number of rotatable bonds is 4. The van der Waals surface area contributed by atoms with Crippen LogP contribution in [0.15, 0.2) is 54.6 Å². The van der Waals surface area contributed by atoms with Crippen LogP contribution in [0.4, 0.5) is 5.69 Å². The Balaban J connectivity index is 1.76. The molecule has 3 rings (SSSR count). The van der Waals surface area contributed by atoms with Gasteiger partial charge in [-0.25, -0.2) is 0 Å². The van der Waals surface area contributed by atoms with Crippen LogP contribution in [0.25, 0.3) is 0 Å². The standard InChI is InChI=1S/C19H21NO2/c1-22-19(21)16-13-15-9-5-6-10-17(15)20-18(16)12-11-14-7-3-2-4-8-14/h2-10,16,18,20H,11-13H2,1H3/t16-,18-/m0/s1. The van der Waals surface area contributed by atoms with Crippen LogP contribution >= 0.6 is 0 Å². The van der Waals surface area contributed by atoms with Crippen LogP contribution in [0.1, 0.15) is 17.5 Å². The van der Waals surface area contributed by atoms with E-state index in [1.807, 2.05) is 18.2 Å². The number of hydrogen-bond acceptors (Lipinski definition) is 3. The number of esters is 1. The summed E-state index contributed by atoms with van der Waals surface area (Å²) >= 11 is 0. The van der Waals surface area contributed by atoms with Gasteiger partial charge in [0.15, 0.2) is 0 Å². The number of aryl methyl sites for hydroxylation is 1. The molecule has 0 unspecified atom stereocenters. The van der Waals surface area contributed by atoms with E-state index in [0.29, 0.717) is 0 Å². The zero-order chi connectivity index (χ0) is 15.4. The molecule has 0 aromatic heterocycles. The van der Waals surface area contributed by atoms with E-state index in [2.05, 4.69) is 41.7 Å². The molecule has 1 heterocycles. The normalized spacial score (nSPS) is 19.9. The van der Waals surface area contributed by atoms with Crippen molar-refractivity contribution in [3.05, 3.63) is 65.7 Å². The zero-order valence-electron chi connectivity index (χ0n) is 12.8. The Morgan fingerprint density at radius 3 is 2.64 bits per heavy atom. The zero-order valence-corrected chi connectivity index (χ0v) is 12.8. The Morgan fingerprint density at radius 1 is 1.14 bits per heavy atom. The molecule has 1 aliphatic rings. The molecule has 3 heteroatoms. The summed E-state index contributed by atoms with van der Waals surface area (Å²) in [5.41, 5.74) is 3.63. The maximum absolute atomic E-state index is 12.1. The third-order valence-electron chi connectivity index (χ3n) is 4.37. The number of methoxy groups -OCH3 is 1. The van der Waals surface area contributed by atoms with Gasteiger partial charge in [-0.2, -0.15) is 0 Å². The molecule has 0 fully saturated rings. The van der Waals surface area contributed by atoms with Crippen LogP contribution in [0.3, 0.4) is 0 Å². The number of fused-ring (bicyclic) bond motifs is 1. The SMILES string of the molecule is COC(=O)[C@H]1Cc2ccccc2N[C@H]1CCc1ccccc1. The fourth-order valence-electron chi connectivity index (χ4n) is 3.16. The van der Waals surface area contributed by atoms with Crippen molar-refractivity contribution in [2.24, 2.45) is 5.92 Å². The molecule has 114 valence electrons. The Kier molecular flexibility index (Phi) is 4.42. The molecular formula is C19H21NO2. The lowest BCUT2D eigenvalue weighted by Gasteiger charge is -2.33. The number of hydrogen-bond donors (Lipinski definition) is 1. The maximum Gasteiger partial charge on any atom is 0.311 e. The van der Waals surface area contributed by atoms with Gasteiger partial charge in [0.25, 0.3) is 0 Å². The second kappa shape index (κ2) is 6.65. The summed E-state index contributed by atoms with van der Waals surface area (Å²) in [5.74, 6) is -0.247. The van der Waals surface area contributed by atoms with Crippen LogP contribution in [0.5, 0.6) is 0 Å². The molecule has 0 spiro atoms. The fourth-order valence-corrected chi connectivity index (χ4v) is 3.16. The number of anilines is 1. The van der Waals surface area contributed by atoms with E-state index in [4.69, 9.17) is 4.74 Å². The van der Waals surface area contributed by atoms with Gasteiger partial charge in [-0.15, -0.1) is 0 Å². The number of benzene rings is 2. The average Bonchev–Trinajstić information content (AvgIpc) is 2.59. The molecule has 3 nitrogen and oxygen atoms in total. The first kappa shape index (κ1) is 14.6. The smallest absolute Gasteiger partial charge is 0.311 e. The lowest BCUT2D eigenvalue weighted by Crippen LogP contribution is -2.40. The van der Waals surface area contributed by atoms with E-state index in [-0.39, 0.29) is 17.9 Å². The van der Waals surface area contributed by atoms with Crippen molar-refractivity contribution in [2.45, 2.75) is 25.3 Å². The first-order valence-electron chi connectivity index (χ1n) is 7.74. The summed E-state index contributed by atoms with van der Waals surface area (Å²) < 4.78 is 5.01. The second-order valence-electron chi connectivity index (χ2n) is 5.77. The van der Waals surface area contributed by atoms with Crippen molar-refractivity contribution in [3.63, 3.8) is 0 Å². The number of para-hydroxylation sites is 1. The van der Waals surface area contributed by atoms with Crippen LogP contribution in [0.2, 0.25) is 0 Å². The molecule has 2 aromatic rings. The van der Waals surface area contributed by atoms with Gasteiger partial charge >= 0.3 is 5.97 Å². The first-order chi connectivity index (χ1) is 10.8. The van der Waals surface area contributed by atoms with E-state index in [1.54, 1.807) is 0 Å². The number of ether oxygens (including phenoxy) is 1. The minimum absolute atomic E-state index is 0.113. The number of carbonyl (C=O) groups is 1. The molecule has 0 amide bonds. The van der Waals surface area contributed by atoms with Crippen LogP contribution in [-0.4, -0.2) is 19.1 Å². The monoisotopic (exact) mass is 295 g/mol. The van der Waals surface area contributed by atoms with Gasteiger partial charge < -0.3 is 10.1 Å². The molecular weight excluding hydrogens is 274 g/mol. The lowest BCUT2D eigenvalue weighted by molar-refractivity contribution is -0.146. The summed E-state index contributed by atoms with van der Waals surface area (Å²) in [6, 6.07) is 18.7. The number of carbonyl (C=O) groups excluding carboxylic acids is 1. The van der Waals surface area contributed by atoms with Gasteiger partial charge in [-0.3, -0.25) is 4.79 Å². The van der Waals surface area contributed by atoms with Crippen LogP contribution in [-0.2, 0) is 22.4 Å². The summed E-state index contributed by atoms with van der Waals surface area (Å²) in [6.45, 7) is 0. The summed E-state index contributed by atoms with van der Waals surface area (Å²) in [5, 5.41) is 3.53. The van der Waals surface area contributed by atoms with Crippen molar-refractivity contribution < 1.29 is 9.53 Å². The molecule has 22 heavy (non-hydrogen) atoms. The Morgan fingerprint density at radius 2 is 1.86 bits per heavy atom. The molecule has 0 saturated heterocycles. The highest BCUT2D eigenvalue weighted by atomic mass is 16.5. The molecule has 1 aliphatic heterocycles. The van der Waals surface area contributed by atoms with Crippen molar-refractivity contribution >= 4 is 11.7 Å². The Hall–Kier alpha value is -2.29. The molecule has 0 saturated carbocycles. The van der Waals surface area contributed by atoms with Gasteiger partial charge in [-0.05, 0) is 36.5 Å². The predicted molar refractivity (Wildman–Crippen MR) is 87.8 cm³/mol. The fraction of sp³-hybridized carbons (Fsp3) is 0.316. The first-order valence-corrected chi connectivity index (χ1v) is 7.74. The minimum Gasteiger partial charge on any atom is -0.469 e. The molecule has 2 atom stereocenters. The van der Waals surface area contributed by atoms with E-state index in [0.717, 1.165) is 24.9 Å². The van der Waals surface area contributed by atoms with E-state index in [1.165, 1.54) is 18.2 Å². The van der Waals surface area contributed by atoms with Crippen molar-refractivity contribution in [3.8, 4) is 0 Å². The Bertz CT molecular complexity index is 639. The summed E-state index contributed by atoms with van der Waals surface area (Å²) in [4.78, 5) is 12.1. The Labute approximate surface area is 131 Å². The minimum atomic E-state index is -0.125. The van der Waals surface area contributed by atoms with Gasteiger partial charge in [-0.1, -0.05) is 48.5 Å². The molecule has 0 bridgehead atoms. The molecule has 2 aromatic carbocycles. The topological polar surface area (TPSA) is 38.3 Å². The third-order valence-corrected chi connectivity index (χ3v) is 4.37. The van der Waals surface area contributed by atoms with Gasteiger partial charge in [0.2, 0.25) is 0 Å². The highest BCUT2D eigenvalue weighted by Crippen LogP contribution is 2.31. The maximum atomic E-state index is 12.1. The highest BCUT2D eigenvalue weighted by Gasteiger charge is 2.33. The van der Waals surface area contributed by atoms with Gasteiger partial charge in [0.1, 0.15) is 0 Å². The van der Waals surface area contributed by atoms with E-state index in [9.17, 15) is 4.79 Å². The predicted octanol–water partition coefficient (Wildman–Crippen LogP) is 3.45. The second-order valence-corrected chi connectivity index (χ2v) is 5.77. The summed E-state index contributed by atoms with van der Waals surface area (Å²) in [6.07, 6.45) is 2.61.